The number of fused-ring (bicyclic) bond motifs is 1. The highest BCUT2D eigenvalue weighted by Crippen LogP contribution is 2.35. The van der Waals surface area contributed by atoms with Crippen molar-refractivity contribution in [2.45, 2.75) is 11.1 Å². The normalized spacial score (nSPS) is 12.3. The third kappa shape index (κ3) is 4.11. The average molecular weight is 470 g/mol. The Balaban J connectivity index is 1.68. The molecule has 0 saturated heterocycles. The molecule has 2 aromatic carbocycles. The molecule has 0 atom stereocenters. The molecule has 5 nitrogen and oxygen atoms in total. The number of sulfonamides is 1. The van der Waals surface area contributed by atoms with E-state index in [1.807, 2.05) is 6.07 Å². The number of anilines is 1. The topological polar surface area (TPSA) is 72.0 Å². The van der Waals surface area contributed by atoms with Crippen molar-refractivity contribution >= 4 is 49.0 Å². The summed E-state index contributed by atoms with van der Waals surface area (Å²) in [6.45, 7) is 0. The maximum Gasteiger partial charge on any atom is 0.416 e. The molecule has 2 heterocycles. The van der Waals surface area contributed by atoms with Crippen molar-refractivity contribution in [2.75, 3.05) is 4.72 Å². The molecule has 0 aliphatic heterocycles. The summed E-state index contributed by atoms with van der Waals surface area (Å²) in [5, 5.41) is 0.311. The Morgan fingerprint density at radius 1 is 1.03 bits per heavy atom. The van der Waals surface area contributed by atoms with Gasteiger partial charge < -0.3 is 0 Å². The standard InChI is InChI=1S/C19H11ClF3N3O2S2/c20-14-7-6-12(19(21,22)23)10-16(14)30(27,28)26-13-4-1-3-11(9-13)17-25-15-5-2-8-24-18(15)29-17/h1-10,26H. The van der Waals surface area contributed by atoms with Gasteiger partial charge in [0.25, 0.3) is 10.0 Å². The van der Waals surface area contributed by atoms with E-state index in [1.54, 1.807) is 24.4 Å². The lowest BCUT2D eigenvalue weighted by atomic mass is 10.2. The summed E-state index contributed by atoms with van der Waals surface area (Å²) in [5.41, 5.74) is 0.392. The molecule has 30 heavy (non-hydrogen) atoms. The second-order valence-electron chi connectivity index (χ2n) is 6.18. The number of thiazole rings is 1. The largest absolute Gasteiger partial charge is 0.416 e. The van der Waals surface area contributed by atoms with E-state index in [4.69, 9.17) is 11.6 Å². The van der Waals surface area contributed by atoms with Crippen LogP contribution < -0.4 is 4.72 Å². The molecule has 4 aromatic rings. The molecule has 0 aliphatic carbocycles. The Kier molecular flexibility index (Phi) is 5.16. The summed E-state index contributed by atoms with van der Waals surface area (Å²) in [6, 6.07) is 12.1. The van der Waals surface area contributed by atoms with E-state index in [9.17, 15) is 21.6 Å². The van der Waals surface area contributed by atoms with Crippen LogP contribution in [0.4, 0.5) is 18.9 Å². The van der Waals surface area contributed by atoms with Crippen LogP contribution in [0.1, 0.15) is 5.56 Å². The fourth-order valence-electron chi connectivity index (χ4n) is 2.70. The molecule has 0 unspecified atom stereocenters. The molecular formula is C19H11ClF3N3O2S2. The monoisotopic (exact) mass is 469 g/mol. The highest BCUT2D eigenvalue weighted by Gasteiger charge is 2.32. The molecule has 0 saturated carbocycles. The predicted molar refractivity (Wildman–Crippen MR) is 110 cm³/mol. The van der Waals surface area contributed by atoms with Gasteiger partial charge in [0.15, 0.2) is 0 Å². The number of benzene rings is 2. The number of alkyl halides is 3. The van der Waals surface area contributed by atoms with E-state index in [2.05, 4.69) is 14.7 Å². The zero-order valence-electron chi connectivity index (χ0n) is 14.8. The van der Waals surface area contributed by atoms with Gasteiger partial charge in [-0.2, -0.15) is 13.2 Å². The highest BCUT2D eigenvalue weighted by molar-refractivity contribution is 7.92. The molecule has 0 fully saturated rings. The van der Waals surface area contributed by atoms with Gasteiger partial charge >= 0.3 is 6.18 Å². The Bertz CT molecular complexity index is 1320. The summed E-state index contributed by atoms with van der Waals surface area (Å²) in [5.74, 6) is 0. The molecule has 0 spiro atoms. The smallest absolute Gasteiger partial charge is 0.280 e. The third-order valence-corrected chi connectivity index (χ3v) is 6.97. The molecule has 154 valence electrons. The summed E-state index contributed by atoms with van der Waals surface area (Å²) < 4.78 is 66.6. The van der Waals surface area contributed by atoms with E-state index < -0.39 is 26.7 Å². The Morgan fingerprint density at radius 3 is 2.57 bits per heavy atom. The van der Waals surface area contributed by atoms with Crippen LogP contribution in [-0.4, -0.2) is 18.4 Å². The van der Waals surface area contributed by atoms with Crippen molar-refractivity contribution < 1.29 is 21.6 Å². The Labute approximate surface area is 178 Å². The van der Waals surface area contributed by atoms with Gasteiger partial charge in [-0.1, -0.05) is 35.1 Å². The molecule has 0 bridgehead atoms. The van der Waals surface area contributed by atoms with E-state index in [-0.39, 0.29) is 10.7 Å². The van der Waals surface area contributed by atoms with Gasteiger partial charge in [-0.05, 0) is 42.5 Å². The maximum atomic E-state index is 13.0. The maximum absolute atomic E-state index is 13.0. The summed E-state index contributed by atoms with van der Waals surface area (Å²) in [7, 11) is -4.36. The molecule has 4 rings (SSSR count). The summed E-state index contributed by atoms with van der Waals surface area (Å²) >= 11 is 7.20. The number of hydrogen-bond acceptors (Lipinski definition) is 5. The van der Waals surface area contributed by atoms with Crippen molar-refractivity contribution in [3.63, 3.8) is 0 Å². The average Bonchev–Trinajstić information content (AvgIpc) is 3.11. The molecule has 0 radical (unpaired) electrons. The van der Waals surface area contributed by atoms with Gasteiger partial charge in [-0.25, -0.2) is 18.4 Å². The fourth-order valence-corrected chi connectivity index (χ4v) is 5.18. The van der Waals surface area contributed by atoms with Crippen molar-refractivity contribution in [3.05, 3.63) is 71.4 Å². The fraction of sp³-hybridized carbons (Fsp3) is 0.0526. The minimum atomic E-state index is -4.70. The van der Waals surface area contributed by atoms with Gasteiger partial charge in [-0.3, -0.25) is 4.72 Å². The van der Waals surface area contributed by atoms with Crippen molar-refractivity contribution in [1.82, 2.24) is 9.97 Å². The van der Waals surface area contributed by atoms with Crippen LogP contribution in [0.5, 0.6) is 0 Å². The van der Waals surface area contributed by atoms with E-state index in [1.165, 1.54) is 23.5 Å². The van der Waals surface area contributed by atoms with Gasteiger partial charge in [0.2, 0.25) is 0 Å². The van der Waals surface area contributed by atoms with Crippen LogP contribution in [0.3, 0.4) is 0 Å². The van der Waals surface area contributed by atoms with Crippen molar-refractivity contribution in [3.8, 4) is 10.6 Å². The summed E-state index contributed by atoms with van der Waals surface area (Å²) in [6.07, 6.45) is -3.05. The van der Waals surface area contributed by atoms with Gasteiger partial charge in [-0.15, -0.1) is 0 Å². The van der Waals surface area contributed by atoms with Gasteiger partial charge in [0, 0.05) is 17.4 Å². The number of nitrogens with one attached hydrogen (secondary N) is 1. The number of nitrogens with zero attached hydrogens (tertiary/aromatic N) is 2. The van der Waals surface area contributed by atoms with Crippen molar-refractivity contribution in [2.24, 2.45) is 0 Å². The Morgan fingerprint density at radius 2 is 1.83 bits per heavy atom. The minimum absolute atomic E-state index is 0.160. The quantitative estimate of drug-likeness (QED) is 0.408. The molecule has 11 heteroatoms. The lowest BCUT2D eigenvalue weighted by molar-refractivity contribution is -0.137. The second kappa shape index (κ2) is 7.53. The van der Waals surface area contributed by atoms with Crippen LogP contribution in [-0.2, 0) is 16.2 Å². The number of hydrogen-bond donors (Lipinski definition) is 1. The predicted octanol–water partition coefficient (Wildman–Crippen LogP) is 5.83. The number of rotatable bonds is 4. The molecule has 1 N–H and O–H groups in total. The van der Waals surface area contributed by atoms with Crippen LogP contribution in [0.15, 0.2) is 65.7 Å². The zero-order chi connectivity index (χ0) is 21.5. The van der Waals surface area contributed by atoms with E-state index >= 15 is 0 Å². The number of pyridine rings is 1. The summed E-state index contributed by atoms with van der Waals surface area (Å²) in [4.78, 5) is 8.76. The molecule has 0 amide bonds. The van der Waals surface area contributed by atoms with Crippen LogP contribution in [0, 0.1) is 0 Å². The first-order valence-electron chi connectivity index (χ1n) is 8.35. The Hall–Kier alpha value is -2.69. The second-order valence-corrected chi connectivity index (χ2v) is 9.21. The number of aromatic nitrogens is 2. The molecule has 2 aromatic heterocycles. The van der Waals surface area contributed by atoms with E-state index in [0.29, 0.717) is 22.2 Å². The first kappa shape index (κ1) is 20.6. The van der Waals surface area contributed by atoms with Crippen LogP contribution in [0.2, 0.25) is 5.02 Å². The lowest BCUT2D eigenvalue weighted by Crippen LogP contribution is -2.15. The third-order valence-electron chi connectivity index (χ3n) is 4.08. The van der Waals surface area contributed by atoms with Crippen LogP contribution in [0.25, 0.3) is 20.9 Å². The first-order chi connectivity index (χ1) is 14.1. The highest BCUT2D eigenvalue weighted by atomic mass is 35.5. The first-order valence-corrected chi connectivity index (χ1v) is 11.0. The van der Waals surface area contributed by atoms with Gasteiger partial charge in [0.1, 0.15) is 20.3 Å². The SMILES string of the molecule is O=S(=O)(Nc1cccc(-c2nc3cccnc3s2)c1)c1cc(C(F)(F)F)ccc1Cl. The zero-order valence-corrected chi connectivity index (χ0v) is 17.2. The molecular weight excluding hydrogens is 459 g/mol. The van der Waals surface area contributed by atoms with Crippen molar-refractivity contribution in [1.29, 1.82) is 0 Å². The lowest BCUT2D eigenvalue weighted by Gasteiger charge is -2.13. The minimum Gasteiger partial charge on any atom is -0.280 e. The number of halogens is 4. The van der Waals surface area contributed by atoms with Gasteiger partial charge in [0.05, 0.1) is 10.6 Å². The van der Waals surface area contributed by atoms with E-state index in [0.717, 1.165) is 17.0 Å². The molecule has 0 aliphatic rings. The van der Waals surface area contributed by atoms with Crippen LogP contribution >= 0.6 is 22.9 Å².